The second-order valence-electron chi connectivity index (χ2n) is 3.83. The Hall–Kier alpha value is -1.77. The normalized spacial score (nSPS) is 10.6. The van der Waals surface area contributed by atoms with E-state index >= 15 is 0 Å². The van der Waals surface area contributed by atoms with Crippen LogP contribution in [0.15, 0.2) is 18.2 Å². The molecule has 0 bridgehead atoms. The van der Waals surface area contributed by atoms with E-state index in [1.54, 1.807) is 0 Å². The van der Waals surface area contributed by atoms with E-state index in [0.29, 0.717) is 0 Å². The van der Waals surface area contributed by atoms with Crippen LogP contribution in [0.25, 0.3) is 11.4 Å². The first-order valence-corrected chi connectivity index (χ1v) is 4.98. The van der Waals surface area contributed by atoms with Crippen molar-refractivity contribution in [1.29, 1.82) is 0 Å². The number of nitrogens with two attached hydrogens (primary N) is 1. The maximum absolute atomic E-state index is 5.95. The maximum Gasteiger partial charge on any atom is 0.140 e. The van der Waals surface area contributed by atoms with Gasteiger partial charge >= 0.3 is 0 Å². The number of nitrogens with one attached hydrogen (secondary N) is 1. The molecule has 0 saturated heterocycles. The number of imidazole rings is 1. The van der Waals surface area contributed by atoms with Crippen LogP contribution in [0.3, 0.4) is 0 Å². The first-order chi connectivity index (χ1) is 7.09. The Bertz CT molecular complexity index is 458. The number of hydrogen-bond acceptors (Lipinski definition) is 2. The van der Waals surface area contributed by atoms with Crippen LogP contribution >= 0.6 is 0 Å². The number of aromatic nitrogens is 2. The van der Waals surface area contributed by atoms with E-state index in [4.69, 9.17) is 5.73 Å². The van der Waals surface area contributed by atoms with Gasteiger partial charge < -0.3 is 10.7 Å². The smallest absolute Gasteiger partial charge is 0.140 e. The van der Waals surface area contributed by atoms with Gasteiger partial charge in [0, 0.05) is 16.9 Å². The van der Waals surface area contributed by atoms with Crippen molar-refractivity contribution in [2.75, 3.05) is 5.73 Å². The third kappa shape index (κ3) is 1.61. The minimum Gasteiger partial charge on any atom is -0.398 e. The first kappa shape index (κ1) is 9.77. The van der Waals surface area contributed by atoms with Gasteiger partial charge in [-0.25, -0.2) is 4.98 Å². The minimum atomic E-state index is 0.767. The lowest BCUT2D eigenvalue weighted by molar-refractivity contribution is 1.22. The quantitative estimate of drug-likeness (QED) is 0.697. The van der Waals surface area contributed by atoms with Crippen molar-refractivity contribution in [3.63, 3.8) is 0 Å². The van der Waals surface area contributed by atoms with Gasteiger partial charge in [-0.05, 0) is 32.4 Å². The minimum absolute atomic E-state index is 0.767. The van der Waals surface area contributed by atoms with Crippen LogP contribution in [0.5, 0.6) is 0 Å². The predicted octanol–water partition coefficient (Wildman–Crippen LogP) is 2.58. The summed E-state index contributed by atoms with van der Waals surface area (Å²) in [5.41, 5.74) is 11.0. The average molecular weight is 201 g/mol. The predicted molar refractivity (Wildman–Crippen MR) is 62.6 cm³/mol. The molecule has 0 radical (unpaired) electrons. The van der Waals surface area contributed by atoms with Gasteiger partial charge in [-0.1, -0.05) is 12.1 Å². The van der Waals surface area contributed by atoms with Crippen molar-refractivity contribution in [1.82, 2.24) is 9.97 Å². The Labute approximate surface area is 89.4 Å². The molecule has 78 valence electrons. The molecule has 3 heteroatoms. The monoisotopic (exact) mass is 201 g/mol. The SMILES string of the molecule is Cc1cccc(N)c1-c1nc(C)c(C)[nH]1. The second kappa shape index (κ2) is 3.42. The number of nitrogens with zero attached hydrogens (tertiary/aromatic N) is 1. The van der Waals surface area contributed by atoms with Gasteiger partial charge in [-0.2, -0.15) is 0 Å². The molecule has 0 unspecified atom stereocenters. The highest BCUT2D eigenvalue weighted by molar-refractivity contribution is 5.75. The average Bonchev–Trinajstić information content (AvgIpc) is 2.46. The fourth-order valence-corrected chi connectivity index (χ4v) is 1.68. The highest BCUT2D eigenvalue weighted by Crippen LogP contribution is 2.27. The molecule has 3 N–H and O–H groups in total. The summed E-state index contributed by atoms with van der Waals surface area (Å²) in [6.07, 6.45) is 0. The Kier molecular flexibility index (Phi) is 2.23. The van der Waals surface area contributed by atoms with E-state index in [1.807, 2.05) is 39.0 Å². The van der Waals surface area contributed by atoms with Gasteiger partial charge in [0.2, 0.25) is 0 Å². The molecule has 1 aromatic heterocycles. The van der Waals surface area contributed by atoms with E-state index in [-0.39, 0.29) is 0 Å². The summed E-state index contributed by atoms with van der Waals surface area (Å²) in [6, 6.07) is 5.89. The summed E-state index contributed by atoms with van der Waals surface area (Å²) in [6.45, 7) is 6.04. The summed E-state index contributed by atoms with van der Waals surface area (Å²) in [5, 5.41) is 0. The molecule has 0 aliphatic carbocycles. The van der Waals surface area contributed by atoms with Crippen molar-refractivity contribution in [3.05, 3.63) is 35.2 Å². The van der Waals surface area contributed by atoms with Crippen molar-refractivity contribution in [3.8, 4) is 11.4 Å². The van der Waals surface area contributed by atoms with Gasteiger partial charge in [-0.3, -0.25) is 0 Å². The summed E-state index contributed by atoms with van der Waals surface area (Å²) in [5.74, 6) is 0.862. The molecule has 0 saturated carbocycles. The largest absolute Gasteiger partial charge is 0.398 e. The van der Waals surface area contributed by atoms with Crippen LogP contribution in [-0.4, -0.2) is 9.97 Å². The van der Waals surface area contributed by atoms with Crippen LogP contribution in [0.2, 0.25) is 0 Å². The lowest BCUT2D eigenvalue weighted by Gasteiger charge is -2.05. The van der Waals surface area contributed by atoms with E-state index in [0.717, 1.165) is 34.0 Å². The molecule has 0 amide bonds. The van der Waals surface area contributed by atoms with Gasteiger partial charge in [0.05, 0.1) is 5.69 Å². The van der Waals surface area contributed by atoms with E-state index in [1.165, 1.54) is 0 Å². The molecule has 0 aliphatic rings. The zero-order valence-electron chi connectivity index (χ0n) is 9.26. The Balaban J connectivity index is 2.63. The number of anilines is 1. The highest BCUT2D eigenvalue weighted by atomic mass is 14.9. The van der Waals surface area contributed by atoms with Crippen LogP contribution in [0, 0.1) is 20.8 Å². The van der Waals surface area contributed by atoms with Crippen molar-refractivity contribution >= 4 is 5.69 Å². The number of hydrogen-bond donors (Lipinski definition) is 2. The Morgan fingerprint density at radius 2 is 1.93 bits per heavy atom. The number of rotatable bonds is 1. The van der Waals surface area contributed by atoms with Crippen LogP contribution < -0.4 is 5.73 Å². The molecule has 3 nitrogen and oxygen atoms in total. The van der Waals surface area contributed by atoms with Crippen LogP contribution in [-0.2, 0) is 0 Å². The van der Waals surface area contributed by atoms with Gasteiger partial charge in [0.1, 0.15) is 5.82 Å². The zero-order chi connectivity index (χ0) is 11.0. The van der Waals surface area contributed by atoms with Crippen molar-refractivity contribution in [2.24, 2.45) is 0 Å². The Morgan fingerprint density at radius 3 is 2.47 bits per heavy atom. The third-order valence-corrected chi connectivity index (χ3v) is 2.67. The molecular weight excluding hydrogens is 186 g/mol. The summed E-state index contributed by atoms with van der Waals surface area (Å²) < 4.78 is 0. The highest BCUT2D eigenvalue weighted by Gasteiger charge is 2.10. The van der Waals surface area contributed by atoms with Crippen molar-refractivity contribution in [2.45, 2.75) is 20.8 Å². The van der Waals surface area contributed by atoms with E-state index in [9.17, 15) is 0 Å². The van der Waals surface area contributed by atoms with Gasteiger partial charge in [0.15, 0.2) is 0 Å². The standard InChI is InChI=1S/C12H15N3/c1-7-5-4-6-10(13)11(7)12-14-8(2)9(3)15-12/h4-6H,13H2,1-3H3,(H,14,15). The molecular formula is C12H15N3. The van der Waals surface area contributed by atoms with E-state index in [2.05, 4.69) is 9.97 Å². The van der Waals surface area contributed by atoms with Gasteiger partial charge in [0.25, 0.3) is 0 Å². The number of benzene rings is 1. The number of aryl methyl sites for hydroxylation is 3. The molecule has 0 aliphatic heterocycles. The van der Waals surface area contributed by atoms with E-state index < -0.39 is 0 Å². The Morgan fingerprint density at radius 1 is 1.20 bits per heavy atom. The number of H-pyrrole nitrogens is 1. The molecule has 15 heavy (non-hydrogen) atoms. The molecule has 1 heterocycles. The second-order valence-corrected chi connectivity index (χ2v) is 3.83. The third-order valence-electron chi connectivity index (χ3n) is 2.67. The maximum atomic E-state index is 5.95. The molecule has 0 fully saturated rings. The van der Waals surface area contributed by atoms with Gasteiger partial charge in [-0.15, -0.1) is 0 Å². The first-order valence-electron chi connectivity index (χ1n) is 4.98. The fourth-order valence-electron chi connectivity index (χ4n) is 1.68. The van der Waals surface area contributed by atoms with Crippen LogP contribution in [0.1, 0.15) is 17.0 Å². The summed E-state index contributed by atoms with van der Waals surface area (Å²) in [4.78, 5) is 7.72. The molecule has 0 atom stereocenters. The van der Waals surface area contributed by atoms with Crippen molar-refractivity contribution < 1.29 is 0 Å². The van der Waals surface area contributed by atoms with Crippen LogP contribution in [0.4, 0.5) is 5.69 Å². The fraction of sp³-hybridized carbons (Fsp3) is 0.250. The summed E-state index contributed by atoms with van der Waals surface area (Å²) in [7, 11) is 0. The summed E-state index contributed by atoms with van der Waals surface area (Å²) >= 11 is 0. The number of aromatic amines is 1. The zero-order valence-corrected chi connectivity index (χ0v) is 9.26. The molecule has 0 spiro atoms. The molecule has 2 rings (SSSR count). The molecule has 2 aromatic rings. The lowest BCUT2D eigenvalue weighted by atomic mass is 10.1. The lowest BCUT2D eigenvalue weighted by Crippen LogP contribution is -1.94. The topological polar surface area (TPSA) is 54.7 Å². The number of nitrogen functional groups attached to an aromatic ring is 1. The molecule has 1 aromatic carbocycles.